The highest BCUT2D eigenvalue weighted by Gasteiger charge is 2.31. The summed E-state index contributed by atoms with van der Waals surface area (Å²) in [5.74, 6) is -1.57. The first-order chi connectivity index (χ1) is 6.52. The Bertz CT molecular complexity index is 221. The molecular formula is C9H15NO4. The number of nitrogens with zero attached hydrogens (tertiary/aromatic N) is 1. The van der Waals surface area contributed by atoms with E-state index in [9.17, 15) is 14.4 Å². The lowest BCUT2D eigenvalue weighted by Crippen LogP contribution is -2.30. The zero-order chi connectivity index (χ0) is 11.1. The van der Waals surface area contributed by atoms with Gasteiger partial charge < -0.3 is 4.84 Å². The fourth-order valence-electron chi connectivity index (χ4n) is 0.786. The van der Waals surface area contributed by atoms with Gasteiger partial charge in [-0.1, -0.05) is 20.3 Å². The van der Waals surface area contributed by atoms with Crippen molar-refractivity contribution in [2.75, 3.05) is 0 Å². The van der Waals surface area contributed by atoms with Gasteiger partial charge in [-0.15, -0.1) is 5.06 Å². The number of hydroxylamine groups is 2. The van der Waals surface area contributed by atoms with Gasteiger partial charge in [0.2, 0.25) is 0 Å². The highest BCUT2D eigenvalue weighted by atomic mass is 16.7. The molecule has 0 spiro atoms. The number of rotatable bonds is 1. The molecule has 1 aliphatic rings. The normalized spacial score (nSPS) is 14.9. The summed E-state index contributed by atoms with van der Waals surface area (Å²) in [6.45, 7) is 5.39. The van der Waals surface area contributed by atoms with E-state index >= 15 is 0 Å². The van der Waals surface area contributed by atoms with Crippen molar-refractivity contribution in [2.45, 2.75) is 40.0 Å². The molecule has 5 nitrogen and oxygen atoms in total. The molecule has 1 aliphatic heterocycles. The Balaban J connectivity index is 0.000000500. The van der Waals surface area contributed by atoms with Crippen LogP contribution >= 0.6 is 0 Å². The highest BCUT2D eigenvalue weighted by molar-refractivity contribution is 6.01. The van der Waals surface area contributed by atoms with E-state index in [2.05, 4.69) is 18.7 Å². The molecule has 0 N–H and O–H groups in total. The summed E-state index contributed by atoms with van der Waals surface area (Å²) in [5.41, 5.74) is 0. The van der Waals surface area contributed by atoms with Crippen molar-refractivity contribution in [2.24, 2.45) is 0 Å². The van der Waals surface area contributed by atoms with Crippen LogP contribution in [-0.2, 0) is 19.2 Å². The van der Waals surface area contributed by atoms with Crippen LogP contribution in [0.4, 0.5) is 0 Å². The van der Waals surface area contributed by atoms with Gasteiger partial charge in [0.15, 0.2) is 0 Å². The van der Waals surface area contributed by atoms with Crippen LogP contribution in [-0.4, -0.2) is 22.8 Å². The van der Waals surface area contributed by atoms with Crippen molar-refractivity contribution in [1.29, 1.82) is 0 Å². The first-order valence-electron chi connectivity index (χ1n) is 4.57. The van der Waals surface area contributed by atoms with E-state index < -0.39 is 17.8 Å². The Hall–Kier alpha value is -1.39. The van der Waals surface area contributed by atoms with E-state index in [4.69, 9.17) is 0 Å². The molecular weight excluding hydrogens is 186 g/mol. The van der Waals surface area contributed by atoms with E-state index in [0.717, 1.165) is 6.92 Å². The summed E-state index contributed by atoms with van der Waals surface area (Å²) in [4.78, 5) is 36.1. The van der Waals surface area contributed by atoms with Crippen LogP contribution in [0.3, 0.4) is 0 Å². The van der Waals surface area contributed by atoms with Crippen LogP contribution in [0.25, 0.3) is 0 Å². The molecule has 80 valence electrons. The maximum atomic E-state index is 10.7. The molecule has 0 aromatic rings. The molecule has 0 atom stereocenters. The summed E-state index contributed by atoms with van der Waals surface area (Å²) < 4.78 is 0. The van der Waals surface area contributed by atoms with E-state index in [1.807, 2.05) is 0 Å². The smallest absolute Gasteiger partial charge is 0.330 e. The summed E-state index contributed by atoms with van der Waals surface area (Å²) >= 11 is 0. The second-order valence-corrected chi connectivity index (χ2v) is 2.87. The molecule has 5 heteroatoms. The molecule has 0 bridgehead atoms. The number of carbonyl (C=O) groups is 3. The third-order valence-electron chi connectivity index (χ3n) is 1.23. The van der Waals surface area contributed by atoms with Gasteiger partial charge in [-0.05, 0) is 0 Å². The second-order valence-electron chi connectivity index (χ2n) is 2.87. The first kappa shape index (κ1) is 12.6. The van der Waals surface area contributed by atoms with Gasteiger partial charge in [0.1, 0.15) is 0 Å². The number of imide groups is 1. The number of hydrogen-bond donors (Lipinski definition) is 0. The molecule has 1 saturated heterocycles. The zero-order valence-electron chi connectivity index (χ0n) is 8.70. The molecule has 0 radical (unpaired) electrons. The number of amides is 2. The zero-order valence-corrected chi connectivity index (χ0v) is 8.70. The summed E-state index contributed by atoms with van der Waals surface area (Å²) in [5, 5.41) is 0.516. The van der Waals surface area contributed by atoms with Crippen molar-refractivity contribution in [3.63, 3.8) is 0 Å². The Morgan fingerprint density at radius 2 is 1.64 bits per heavy atom. The molecule has 1 fully saturated rings. The van der Waals surface area contributed by atoms with E-state index in [0.29, 0.717) is 5.06 Å². The first-order valence-corrected chi connectivity index (χ1v) is 4.57. The van der Waals surface area contributed by atoms with Crippen molar-refractivity contribution in [1.82, 2.24) is 5.06 Å². The van der Waals surface area contributed by atoms with Gasteiger partial charge in [0.05, 0.1) is 0 Å². The van der Waals surface area contributed by atoms with Gasteiger partial charge in [0, 0.05) is 19.8 Å². The molecule has 14 heavy (non-hydrogen) atoms. The average Bonchev–Trinajstić information content (AvgIpc) is 2.37. The minimum Gasteiger partial charge on any atom is -0.331 e. The van der Waals surface area contributed by atoms with Gasteiger partial charge >= 0.3 is 5.97 Å². The van der Waals surface area contributed by atoms with E-state index in [1.165, 1.54) is 6.42 Å². The monoisotopic (exact) mass is 201 g/mol. The van der Waals surface area contributed by atoms with Gasteiger partial charge in [0.25, 0.3) is 11.8 Å². The summed E-state index contributed by atoms with van der Waals surface area (Å²) in [7, 11) is 0. The molecule has 0 aromatic heterocycles. The maximum absolute atomic E-state index is 10.7. The van der Waals surface area contributed by atoms with E-state index in [1.54, 1.807) is 0 Å². The van der Waals surface area contributed by atoms with Crippen molar-refractivity contribution in [3.8, 4) is 0 Å². The minimum absolute atomic E-state index is 0.131. The fourth-order valence-corrected chi connectivity index (χ4v) is 0.786. The van der Waals surface area contributed by atoms with Crippen LogP contribution in [0.1, 0.15) is 40.0 Å². The standard InChI is InChI=1S/C6H7NO4.C3H8/c1-4(8)11-7-5(9)2-3-6(7)10;1-3-2/h2-3H2,1H3;3H2,1-2H3. The number of carbonyl (C=O) groups excluding carboxylic acids is 3. The molecule has 0 unspecified atom stereocenters. The molecule has 1 rings (SSSR count). The molecule has 0 aromatic carbocycles. The van der Waals surface area contributed by atoms with Crippen LogP contribution in [0, 0.1) is 0 Å². The van der Waals surface area contributed by atoms with Crippen molar-refractivity contribution >= 4 is 17.8 Å². The lowest BCUT2D eigenvalue weighted by molar-refractivity contribution is -0.195. The van der Waals surface area contributed by atoms with Gasteiger partial charge in [-0.2, -0.15) is 0 Å². The Kier molecular flexibility index (Phi) is 5.52. The molecule has 1 heterocycles. The predicted octanol–water partition coefficient (Wildman–Crippen LogP) is 1.03. The average molecular weight is 201 g/mol. The van der Waals surface area contributed by atoms with Crippen LogP contribution in [0.2, 0.25) is 0 Å². The SMILES string of the molecule is CC(=O)ON1C(=O)CCC1=O.CCC. The van der Waals surface area contributed by atoms with Crippen molar-refractivity contribution < 1.29 is 19.2 Å². The van der Waals surface area contributed by atoms with E-state index in [-0.39, 0.29) is 12.8 Å². The van der Waals surface area contributed by atoms with Crippen molar-refractivity contribution in [3.05, 3.63) is 0 Å². The minimum atomic E-state index is -0.659. The lowest BCUT2D eigenvalue weighted by Gasteiger charge is -2.09. The molecule has 0 aliphatic carbocycles. The quantitative estimate of drug-likeness (QED) is 0.594. The largest absolute Gasteiger partial charge is 0.331 e. The third kappa shape index (κ3) is 4.02. The Labute approximate surface area is 83.0 Å². The lowest BCUT2D eigenvalue weighted by atomic mass is 10.4. The predicted molar refractivity (Wildman–Crippen MR) is 48.8 cm³/mol. The second kappa shape index (κ2) is 6.12. The Morgan fingerprint density at radius 3 is 1.93 bits per heavy atom. The van der Waals surface area contributed by atoms with Gasteiger partial charge in [-0.3, -0.25) is 9.59 Å². The topological polar surface area (TPSA) is 63.7 Å². The van der Waals surface area contributed by atoms with Crippen LogP contribution in [0.5, 0.6) is 0 Å². The van der Waals surface area contributed by atoms with Crippen LogP contribution < -0.4 is 0 Å². The number of hydrogen-bond acceptors (Lipinski definition) is 4. The molecule has 2 amide bonds. The van der Waals surface area contributed by atoms with Crippen LogP contribution in [0.15, 0.2) is 0 Å². The summed E-state index contributed by atoms with van der Waals surface area (Å²) in [6, 6.07) is 0. The fraction of sp³-hybridized carbons (Fsp3) is 0.667. The summed E-state index contributed by atoms with van der Waals surface area (Å²) in [6.07, 6.45) is 1.51. The maximum Gasteiger partial charge on any atom is 0.330 e. The highest BCUT2D eigenvalue weighted by Crippen LogP contribution is 2.11. The third-order valence-corrected chi connectivity index (χ3v) is 1.23. The molecule has 0 saturated carbocycles. The Morgan fingerprint density at radius 1 is 1.29 bits per heavy atom. The van der Waals surface area contributed by atoms with Gasteiger partial charge in [-0.25, -0.2) is 4.79 Å².